The van der Waals surface area contributed by atoms with Gasteiger partial charge in [-0.25, -0.2) is 0 Å². The minimum absolute atomic E-state index is 0.226. The fraction of sp³-hybridized carbons (Fsp3) is 0.571. The largest absolute Gasteiger partial charge is 0.622 e. The zero-order valence-corrected chi connectivity index (χ0v) is 11.6. The van der Waals surface area contributed by atoms with E-state index in [4.69, 9.17) is 4.42 Å². The van der Waals surface area contributed by atoms with Gasteiger partial charge < -0.3 is 14.8 Å². The number of nitrogens with zero attached hydrogens (tertiary/aromatic N) is 2. The molecule has 20 heavy (non-hydrogen) atoms. The van der Waals surface area contributed by atoms with Crippen LogP contribution in [0.15, 0.2) is 22.8 Å². The average Bonchev–Trinajstić information content (AvgIpc) is 2.95. The van der Waals surface area contributed by atoms with Crippen molar-refractivity contribution in [3.63, 3.8) is 0 Å². The topological polar surface area (TPSA) is 79.8 Å². The Kier molecular flexibility index (Phi) is 2.78. The van der Waals surface area contributed by atoms with Gasteiger partial charge >= 0.3 is 5.66 Å². The standard InChI is InChI=1S/C14H18N2O4/c1-13(2)12(10-6-5-9-20-10)15(18)14(16(13)19)8-4-3-7-11(14)17/h5-6,9,19H,3-4,7-8H2,1-2H3/t14-/m1/s1. The zero-order chi connectivity index (χ0) is 14.5. The first kappa shape index (κ1) is 13.3. The Morgan fingerprint density at radius 1 is 1.45 bits per heavy atom. The van der Waals surface area contributed by atoms with Crippen LogP contribution in [0.5, 0.6) is 0 Å². The summed E-state index contributed by atoms with van der Waals surface area (Å²) < 4.78 is 5.97. The lowest BCUT2D eigenvalue weighted by atomic mass is 9.87. The van der Waals surface area contributed by atoms with Crippen molar-refractivity contribution in [1.29, 1.82) is 0 Å². The first-order chi connectivity index (χ1) is 9.42. The molecule has 0 saturated heterocycles. The normalized spacial score (nSPS) is 30.4. The quantitative estimate of drug-likeness (QED) is 0.627. The number of carbonyl (C=O) groups excluding carboxylic acids is 1. The summed E-state index contributed by atoms with van der Waals surface area (Å²) in [6.45, 7) is 3.43. The van der Waals surface area contributed by atoms with Crippen LogP contribution in [0, 0.1) is 5.21 Å². The molecule has 6 nitrogen and oxygen atoms in total. The van der Waals surface area contributed by atoms with Crippen LogP contribution in [0.1, 0.15) is 45.3 Å². The summed E-state index contributed by atoms with van der Waals surface area (Å²) in [6.07, 6.45) is 3.63. The summed E-state index contributed by atoms with van der Waals surface area (Å²) >= 11 is 0. The molecule has 6 heteroatoms. The van der Waals surface area contributed by atoms with Crippen LogP contribution in [-0.4, -0.2) is 37.7 Å². The van der Waals surface area contributed by atoms with Crippen molar-refractivity contribution < 1.29 is 19.2 Å². The summed E-state index contributed by atoms with van der Waals surface area (Å²) in [5.41, 5.74) is -2.18. The fourth-order valence-corrected chi connectivity index (χ4v) is 3.33. The summed E-state index contributed by atoms with van der Waals surface area (Å²) in [4.78, 5) is 12.4. The fourth-order valence-electron chi connectivity index (χ4n) is 3.33. The Hall–Kier alpha value is -1.66. The number of hydrogen-bond donors (Lipinski definition) is 1. The molecule has 1 aromatic heterocycles. The van der Waals surface area contributed by atoms with Crippen LogP contribution >= 0.6 is 0 Å². The molecule has 2 heterocycles. The monoisotopic (exact) mass is 278 g/mol. The number of furan rings is 1. The number of rotatable bonds is 1. The van der Waals surface area contributed by atoms with Crippen LogP contribution in [0.25, 0.3) is 0 Å². The zero-order valence-electron chi connectivity index (χ0n) is 11.6. The highest BCUT2D eigenvalue weighted by molar-refractivity contribution is 6.04. The molecule has 0 bridgehead atoms. The summed E-state index contributed by atoms with van der Waals surface area (Å²) in [6, 6.07) is 3.35. The molecule has 0 radical (unpaired) electrons. The van der Waals surface area contributed by atoms with Crippen molar-refractivity contribution in [2.75, 3.05) is 0 Å². The van der Waals surface area contributed by atoms with E-state index in [9.17, 15) is 15.2 Å². The molecule has 1 aliphatic carbocycles. The van der Waals surface area contributed by atoms with E-state index < -0.39 is 11.2 Å². The molecule has 1 N–H and O–H groups in total. The lowest BCUT2D eigenvalue weighted by molar-refractivity contribution is -0.574. The second kappa shape index (κ2) is 4.17. The van der Waals surface area contributed by atoms with Gasteiger partial charge in [-0.2, -0.15) is 4.74 Å². The highest BCUT2D eigenvalue weighted by atomic mass is 16.6. The maximum Gasteiger partial charge on any atom is 0.310 e. The SMILES string of the molecule is CC1(C)C(c2ccco2)=[N+]([O-])[C@]2(CCCCC2=O)N1O. The van der Waals surface area contributed by atoms with Crippen molar-refractivity contribution in [2.45, 2.75) is 50.7 Å². The molecule has 2 aliphatic rings. The molecule has 3 rings (SSSR count). The summed E-state index contributed by atoms with van der Waals surface area (Å²) in [5.74, 6) is 0.162. The number of hydrogen-bond acceptors (Lipinski definition) is 5. The highest BCUT2D eigenvalue weighted by Gasteiger charge is 2.66. The third-order valence-electron chi connectivity index (χ3n) is 4.38. The number of ketones is 1. The highest BCUT2D eigenvalue weighted by Crippen LogP contribution is 2.41. The van der Waals surface area contributed by atoms with Gasteiger partial charge in [0.1, 0.15) is 5.54 Å². The average molecular weight is 278 g/mol. The van der Waals surface area contributed by atoms with E-state index in [-0.39, 0.29) is 5.78 Å². The Balaban J connectivity index is 2.21. The first-order valence-corrected chi connectivity index (χ1v) is 6.83. The van der Waals surface area contributed by atoms with Crippen molar-refractivity contribution in [3.05, 3.63) is 29.4 Å². The molecule has 1 fully saturated rings. The molecule has 0 amide bonds. The summed E-state index contributed by atoms with van der Waals surface area (Å²) in [5, 5.41) is 24.3. The molecular formula is C14H18N2O4. The van der Waals surface area contributed by atoms with E-state index in [2.05, 4.69) is 0 Å². The van der Waals surface area contributed by atoms with Crippen molar-refractivity contribution in [3.8, 4) is 0 Å². The van der Waals surface area contributed by atoms with Gasteiger partial charge in [0, 0.05) is 12.8 Å². The minimum atomic E-state index is -1.50. The van der Waals surface area contributed by atoms with E-state index in [1.165, 1.54) is 6.26 Å². The molecular weight excluding hydrogens is 260 g/mol. The molecule has 1 aromatic rings. The van der Waals surface area contributed by atoms with Crippen molar-refractivity contribution >= 4 is 11.5 Å². The molecule has 108 valence electrons. The molecule has 1 saturated carbocycles. The van der Waals surface area contributed by atoms with Gasteiger partial charge in [-0.15, -0.1) is 5.06 Å². The third-order valence-corrected chi connectivity index (χ3v) is 4.38. The maximum atomic E-state index is 12.8. The Labute approximate surface area is 116 Å². The lowest BCUT2D eigenvalue weighted by Crippen LogP contribution is -2.60. The van der Waals surface area contributed by atoms with E-state index in [1.807, 2.05) is 0 Å². The second-order valence-electron chi connectivity index (χ2n) is 5.94. The van der Waals surface area contributed by atoms with Crippen LogP contribution in [-0.2, 0) is 4.79 Å². The van der Waals surface area contributed by atoms with Gasteiger partial charge in [0.15, 0.2) is 5.76 Å². The van der Waals surface area contributed by atoms with E-state index >= 15 is 0 Å². The second-order valence-corrected chi connectivity index (χ2v) is 5.94. The number of Topliss-reactive ketones (excluding diaryl/α,β-unsaturated/α-hetero) is 1. The molecule has 1 aliphatic heterocycles. The predicted molar refractivity (Wildman–Crippen MR) is 70.4 cm³/mol. The van der Waals surface area contributed by atoms with Crippen molar-refractivity contribution in [1.82, 2.24) is 5.06 Å². The smallest absolute Gasteiger partial charge is 0.310 e. The lowest BCUT2D eigenvalue weighted by Gasteiger charge is -2.36. The molecule has 1 spiro atoms. The van der Waals surface area contributed by atoms with Crippen LogP contribution in [0.2, 0.25) is 0 Å². The number of hydroxylamine groups is 3. The van der Waals surface area contributed by atoms with Gasteiger partial charge in [0.25, 0.3) is 5.71 Å². The third kappa shape index (κ3) is 1.46. The van der Waals surface area contributed by atoms with Gasteiger partial charge in [-0.05, 0) is 38.8 Å². The first-order valence-electron chi connectivity index (χ1n) is 6.83. The van der Waals surface area contributed by atoms with Crippen LogP contribution in [0.3, 0.4) is 0 Å². The van der Waals surface area contributed by atoms with Crippen LogP contribution in [0.4, 0.5) is 0 Å². The minimum Gasteiger partial charge on any atom is -0.622 e. The van der Waals surface area contributed by atoms with Gasteiger partial charge in [0.05, 0.1) is 6.26 Å². The predicted octanol–water partition coefficient (Wildman–Crippen LogP) is 1.90. The summed E-state index contributed by atoms with van der Waals surface area (Å²) in [7, 11) is 0. The molecule has 0 aromatic carbocycles. The van der Waals surface area contributed by atoms with E-state index in [1.54, 1.807) is 26.0 Å². The Morgan fingerprint density at radius 2 is 2.20 bits per heavy atom. The molecule has 0 unspecified atom stereocenters. The Morgan fingerprint density at radius 3 is 2.80 bits per heavy atom. The molecule has 1 atom stereocenters. The van der Waals surface area contributed by atoms with Gasteiger partial charge in [0.2, 0.25) is 5.78 Å². The number of carbonyl (C=O) groups is 1. The van der Waals surface area contributed by atoms with Gasteiger partial charge in [-0.3, -0.25) is 4.79 Å². The Bertz CT molecular complexity index is 576. The van der Waals surface area contributed by atoms with E-state index in [0.717, 1.165) is 17.9 Å². The van der Waals surface area contributed by atoms with Crippen LogP contribution < -0.4 is 0 Å². The van der Waals surface area contributed by atoms with Gasteiger partial charge in [-0.1, -0.05) is 0 Å². The van der Waals surface area contributed by atoms with Crippen molar-refractivity contribution in [2.24, 2.45) is 0 Å². The maximum absolute atomic E-state index is 12.8. The van der Waals surface area contributed by atoms with E-state index in [0.29, 0.717) is 29.1 Å².